The van der Waals surface area contributed by atoms with E-state index < -0.39 is 17.7 Å². The molecule has 0 bridgehead atoms. The summed E-state index contributed by atoms with van der Waals surface area (Å²) >= 11 is 0. The van der Waals surface area contributed by atoms with E-state index in [-0.39, 0.29) is 64.6 Å². The Balaban J connectivity index is 0.918. The maximum Gasteiger partial charge on any atom is 0.219 e. The highest BCUT2D eigenvalue weighted by atomic mass is 19.1. The van der Waals surface area contributed by atoms with E-state index >= 15 is 0 Å². The second-order valence-corrected chi connectivity index (χ2v) is 19.9. The lowest BCUT2D eigenvalue weighted by atomic mass is 9.41. The number of aliphatic hydroxyl groups excluding tert-OH is 1. The first-order valence-corrected chi connectivity index (χ1v) is 20.8. The van der Waals surface area contributed by atoms with Gasteiger partial charge in [0.25, 0.3) is 0 Å². The van der Waals surface area contributed by atoms with E-state index in [0.717, 1.165) is 64.5 Å². The SMILES string of the molecule is CC(=O)N(Cc1cc(F)cc(F)c1)CC1C[C@@H](C)[C@H]2C(O1)C(O)[C@@]1(C)C3CC[C@H]4C(C)(C)C(OC5CN(C6COC6)CCO5)CCC45CC35CCC21C. The molecule has 1 amide bonds. The van der Waals surface area contributed by atoms with E-state index in [1.807, 2.05) is 0 Å². The van der Waals surface area contributed by atoms with Crippen LogP contribution in [0.1, 0.15) is 98.5 Å². The zero-order valence-corrected chi connectivity index (χ0v) is 32.8. The number of fused-ring (bicyclic) bond motifs is 4. The molecule has 10 heteroatoms. The van der Waals surface area contributed by atoms with E-state index in [1.165, 1.54) is 38.3 Å². The molecule has 5 saturated carbocycles. The first-order valence-electron chi connectivity index (χ1n) is 20.8. The molecule has 1 aromatic carbocycles. The van der Waals surface area contributed by atoms with Gasteiger partial charge in [-0.1, -0.05) is 34.6 Å². The number of rotatable bonds is 7. The summed E-state index contributed by atoms with van der Waals surface area (Å²) < 4.78 is 53.6. The molecular weight excluding hydrogens is 678 g/mol. The lowest BCUT2D eigenvalue weighted by molar-refractivity contribution is -0.256. The highest BCUT2D eigenvalue weighted by molar-refractivity contribution is 5.73. The Morgan fingerprint density at radius 2 is 1.74 bits per heavy atom. The lowest BCUT2D eigenvalue weighted by Gasteiger charge is -2.64. The van der Waals surface area contributed by atoms with Gasteiger partial charge in [-0.2, -0.15) is 0 Å². The third-order valence-electron chi connectivity index (χ3n) is 17.5. The Morgan fingerprint density at radius 1 is 1.02 bits per heavy atom. The van der Waals surface area contributed by atoms with Crippen LogP contribution in [-0.4, -0.2) is 97.0 Å². The number of benzene rings is 1. The number of halogens is 2. The highest BCUT2D eigenvalue weighted by Crippen LogP contribution is 2.89. The number of morpholine rings is 1. The number of carbonyl (C=O) groups excluding carboxylic acids is 1. The number of aliphatic hydroxyl groups is 1. The molecule has 3 aliphatic heterocycles. The Kier molecular flexibility index (Phi) is 8.82. The predicted molar refractivity (Wildman–Crippen MR) is 194 cm³/mol. The zero-order chi connectivity index (χ0) is 37.3. The van der Waals surface area contributed by atoms with Crippen LogP contribution >= 0.6 is 0 Å². The van der Waals surface area contributed by atoms with Gasteiger partial charge in [0, 0.05) is 38.0 Å². The minimum absolute atomic E-state index is 0.0343. The van der Waals surface area contributed by atoms with E-state index in [4.69, 9.17) is 18.9 Å². The molecule has 13 atom stereocenters. The Bertz CT molecular complexity index is 1590. The minimum atomic E-state index is -0.651. The number of nitrogens with zero attached hydrogens (tertiary/aromatic N) is 2. The fourth-order valence-electron chi connectivity index (χ4n) is 14.9. The molecule has 9 rings (SSSR count). The fraction of sp³-hybridized carbons (Fsp3) is 0.837. The van der Waals surface area contributed by atoms with Crippen molar-refractivity contribution in [1.29, 1.82) is 0 Å². The van der Waals surface area contributed by atoms with Crippen LogP contribution in [0.4, 0.5) is 8.78 Å². The number of amides is 1. The van der Waals surface area contributed by atoms with Crippen molar-refractivity contribution < 1.29 is 37.6 Å². The molecule has 1 aromatic rings. The van der Waals surface area contributed by atoms with Crippen molar-refractivity contribution >= 4 is 5.91 Å². The second kappa shape index (κ2) is 12.7. The summed E-state index contributed by atoms with van der Waals surface area (Å²) in [5, 5.41) is 12.7. The average Bonchev–Trinajstić information content (AvgIpc) is 3.69. The lowest BCUT2D eigenvalue weighted by Crippen LogP contribution is -2.60. The van der Waals surface area contributed by atoms with Crippen LogP contribution in [0, 0.1) is 62.4 Å². The molecule has 8 nitrogen and oxygen atoms in total. The van der Waals surface area contributed by atoms with Gasteiger partial charge in [-0.3, -0.25) is 9.69 Å². The standard InChI is InChI=1S/C43H62F2N2O6/c1-25-15-31(20-47(26(2)48)19-27-16-28(44)18-29(45)17-27)52-37-36(25)40(5)11-12-43-24-42(43)10-9-34(53-35-21-46(13-14-51-35)30-22-50-23-30)39(3,4)32(42)7-8-33(43)41(40,6)38(37)49/h16-18,25,30-38,49H,7-15,19-24H2,1-6H3/t25-,31?,32+,33?,34?,35?,36+,37?,38?,40?,41-,42?,43?/m1/s1. The van der Waals surface area contributed by atoms with Crippen molar-refractivity contribution in [1.82, 2.24) is 9.80 Å². The summed E-state index contributed by atoms with van der Waals surface area (Å²) in [4.78, 5) is 16.9. The largest absolute Gasteiger partial charge is 0.390 e. The topological polar surface area (TPSA) is 80.7 Å². The van der Waals surface area contributed by atoms with Gasteiger partial charge in [0.15, 0.2) is 6.29 Å². The molecule has 5 aliphatic carbocycles. The molecule has 3 saturated heterocycles. The molecule has 8 aliphatic rings. The van der Waals surface area contributed by atoms with Gasteiger partial charge in [0.2, 0.25) is 5.91 Å². The third kappa shape index (κ3) is 5.34. The van der Waals surface area contributed by atoms with E-state index in [0.29, 0.717) is 47.9 Å². The van der Waals surface area contributed by atoms with Crippen molar-refractivity contribution in [3.8, 4) is 0 Å². The van der Waals surface area contributed by atoms with Crippen LogP contribution in [0.5, 0.6) is 0 Å². The summed E-state index contributed by atoms with van der Waals surface area (Å²) in [5.74, 6) is 0.0931. The molecule has 8 fully saturated rings. The number of hydrogen-bond acceptors (Lipinski definition) is 7. The molecule has 1 N–H and O–H groups in total. The number of ether oxygens (including phenoxy) is 4. The Morgan fingerprint density at radius 3 is 2.43 bits per heavy atom. The van der Waals surface area contributed by atoms with Gasteiger partial charge in [0.1, 0.15) is 11.6 Å². The second-order valence-electron chi connectivity index (χ2n) is 19.9. The normalized spacial score (nSPS) is 47.3. The first-order chi connectivity index (χ1) is 25.1. The van der Waals surface area contributed by atoms with Gasteiger partial charge in [-0.25, -0.2) is 8.78 Å². The van der Waals surface area contributed by atoms with Crippen molar-refractivity contribution in [3.63, 3.8) is 0 Å². The quantitative estimate of drug-likeness (QED) is 0.339. The van der Waals surface area contributed by atoms with Crippen molar-refractivity contribution in [2.75, 3.05) is 39.5 Å². The summed E-state index contributed by atoms with van der Waals surface area (Å²) in [6.07, 6.45) is 7.74. The maximum atomic E-state index is 14.0. The molecule has 294 valence electrons. The molecule has 53 heavy (non-hydrogen) atoms. The van der Waals surface area contributed by atoms with Gasteiger partial charge in [-0.05, 0) is 114 Å². The number of hydrogen-bond donors (Lipinski definition) is 1. The van der Waals surface area contributed by atoms with Crippen molar-refractivity contribution in [3.05, 3.63) is 35.4 Å². The summed E-state index contributed by atoms with van der Waals surface area (Å²) in [5.41, 5.74) is 0.665. The zero-order valence-electron chi connectivity index (χ0n) is 32.8. The van der Waals surface area contributed by atoms with Crippen LogP contribution in [0.3, 0.4) is 0 Å². The first kappa shape index (κ1) is 36.9. The van der Waals surface area contributed by atoms with Crippen molar-refractivity contribution in [2.24, 2.45) is 50.7 Å². The summed E-state index contributed by atoms with van der Waals surface area (Å²) in [6.45, 7) is 18.2. The van der Waals surface area contributed by atoms with E-state index in [1.54, 1.807) is 4.90 Å². The highest BCUT2D eigenvalue weighted by Gasteiger charge is 2.84. The van der Waals surface area contributed by atoms with Crippen LogP contribution in [-0.2, 0) is 30.3 Å². The van der Waals surface area contributed by atoms with Gasteiger partial charge < -0.3 is 29.0 Å². The smallest absolute Gasteiger partial charge is 0.219 e. The Labute approximate surface area is 314 Å². The molecule has 2 spiro atoms. The molecular formula is C43H62F2N2O6. The van der Waals surface area contributed by atoms with Gasteiger partial charge in [0.05, 0.1) is 56.8 Å². The fourth-order valence-corrected chi connectivity index (χ4v) is 14.9. The summed E-state index contributed by atoms with van der Waals surface area (Å²) in [6, 6.07) is 3.92. The van der Waals surface area contributed by atoms with Crippen LogP contribution in [0.25, 0.3) is 0 Å². The van der Waals surface area contributed by atoms with Crippen LogP contribution in [0.2, 0.25) is 0 Å². The van der Waals surface area contributed by atoms with E-state index in [2.05, 4.69) is 39.5 Å². The summed E-state index contributed by atoms with van der Waals surface area (Å²) in [7, 11) is 0. The molecule has 0 radical (unpaired) electrons. The molecule has 0 aromatic heterocycles. The third-order valence-corrected chi connectivity index (χ3v) is 17.5. The Hall–Kier alpha value is -1.69. The maximum absolute atomic E-state index is 14.0. The van der Waals surface area contributed by atoms with Crippen LogP contribution in [0.15, 0.2) is 18.2 Å². The van der Waals surface area contributed by atoms with Gasteiger partial charge >= 0.3 is 0 Å². The molecule has 9 unspecified atom stereocenters. The van der Waals surface area contributed by atoms with Crippen molar-refractivity contribution in [2.45, 2.75) is 136 Å². The predicted octanol–water partition coefficient (Wildman–Crippen LogP) is 6.57. The number of carbonyl (C=O) groups is 1. The van der Waals surface area contributed by atoms with Crippen LogP contribution < -0.4 is 0 Å². The van der Waals surface area contributed by atoms with Gasteiger partial charge in [-0.15, -0.1) is 0 Å². The minimum Gasteiger partial charge on any atom is -0.390 e. The molecule has 3 heterocycles. The average molecular weight is 741 g/mol. The monoisotopic (exact) mass is 740 g/mol. The van der Waals surface area contributed by atoms with E-state index in [9.17, 15) is 18.7 Å².